The summed E-state index contributed by atoms with van der Waals surface area (Å²) < 4.78 is 24.0. The lowest BCUT2D eigenvalue weighted by atomic mass is 9.99. The molecule has 4 atom stereocenters. The number of rotatable bonds is 10. The van der Waals surface area contributed by atoms with Gasteiger partial charge in [-0.3, -0.25) is 0 Å². The van der Waals surface area contributed by atoms with Gasteiger partial charge in [0, 0.05) is 0 Å². The quantitative estimate of drug-likeness (QED) is 0.520. The van der Waals surface area contributed by atoms with Crippen molar-refractivity contribution in [3.05, 3.63) is 108 Å². The van der Waals surface area contributed by atoms with Crippen LogP contribution in [0.25, 0.3) is 0 Å². The summed E-state index contributed by atoms with van der Waals surface area (Å²) in [5.41, 5.74) is 3.20. The molecule has 0 aliphatic carbocycles. The topological polar surface area (TPSA) is 57.2 Å². The van der Waals surface area contributed by atoms with Crippen molar-refractivity contribution in [3.8, 4) is 0 Å². The number of benzene rings is 3. The van der Waals surface area contributed by atoms with Crippen molar-refractivity contribution >= 4 is 0 Å². The maximum atomic E-state index is 11.1. The Hall–Kier alpha value is -2.54. The molecule has 0 saturated carbocycles. The maximum absolute atomic E-state index is 11.1. The van der Waals surface area contributed by atoms with Crippen LogP contribution < -0.4 is 0 Å². The molecule has 3 aromatic carbocycles. The summed E-state index contributed by atoms with van der Waals surface area (Å²) in [5, 5.41) is 11.1. The van der Waals surface area contributed by atoms with Crippen molar-refractivity contribution in [1.29, 1.82) is 0 Å². The average molecular weight is 435 g/mol. The standard InChI is InChI=1S/C27H30O5/c28-26-24(19-29-16-21-10-4-1-5-11-21)31-20-25(30-17-22-12-6-2-7-13-22)27(26)32-18-23-14-8-3-9-15-23/h1-15,24-28H,16-20H2/t24-,25+,26-,27-/m1/s1. The second kappa shape index (κ2) is 11.9. The molecule has 32 heavy (non-hydrogen) atoms. The molecule has 1 aliphatic rings. The van der Waals surface area contributed by atoms with Gasteiger partial charge < -0.3 is 24.1 Å². The highest BCUT2D eigenvalue weighted by molar-refractivity contribution is 5.15. The number of hydrogen-bond acceptors (Lipinski definition) is 5. The molecule has 1 heterocycles. The van der Waals surface area contributed by atoms with E-state index in [4.69, 9.17) is 18.9 Å². The SMILES string of the molecule is O[C@H]1[C@H](OCc2ccccc2)[C@@H](OCc2ccccc2)CO[C@@H]1COCc1ccccc1. The first-order valence-electron chi connectivity index (χ1n) is 11.0. The van der Waals surface area contributed by atoms with E-state index in [0.29, 0.717) is 26.4 Å². The summed E-state index contributed by atoms with van der Waals surface area (Å²) in [6.07, 6.45) is -2.22. The lowest BCUT2D eigenvalue weighted by molar-refractivity contribution is -0.231. The summed E-state index contributed by atoms with van der Waals surface area (Å²) in [6, 6.07) is 29.9. The van der Waals surface area contributed by atoms with Crippen LogP contribution in [0.3, 0.4) is 0 Å². The van der Waals surface area contributed by atoms with Gasteiger partial charge in [-0.15, -0.1) is 0 Å². The number of aliphatic hydroxyl groups excluding tert-OH is 1. The van der Waals surface area contributed by atoms with Crippen LogP contribution >= 0.6 is 0 Å². The molecular formula is C27H30O5. The molecule has 0 spiro atoms. The minimum atomic E-state index is -0.857. The first-order valence-corrected chi connectivity index (χ1v) is 11.0. The summed E-state index contributed by atoms with van der Waals surface area (Å²) in [5.74, 6) is 0. The van der Waals surface area contributed by atoms with E-state index in [1.54, 1.807) is 0 Å². The van der Waals surface area contributed by atoms with E-state index in [0.717, 1.165) is 16.7 Å². The van der Waals surface area contributed by atoms with E-state index in [-0.39, 0.29) is 12.7 Å². The van der Waals surface area contributed by atoms with Crippen LogP contribution in [0.15, 0.2) is 91.0 Å². The smallest absolute Gasteiger partial charge is 0.115 e. The molecule has 0 bridgehead atoms. The van der Waals surface area contributed by atoms with E-state index < -0.39 is 18.3 Å². The van der Waals surface area contributed by atoms with Crippen LogP contribution in [0.4, 0.5) is 0 Å². The van der Waals surface area contributed by atoms with Gasteiger partial charge in [-0.25, -0.2) is 0 Å². The molecule has 4 rings (SSSR count). The average Bonchev–Trinajstić information content (AvgIpc) is 2.85. The van der Waals surface area contributed by atoms with Gasteiger partial charge in [0.25, 0.3) is 0 Å². The van der Waals surface area contributed by atoms with Crippen LogP contribution in [0, 0.1) is 0 Å². The molecule has 5 nitrogen and oxygen atoms in total. The van der Waals surface area contributed by atoms with E-state index in [1.165, 1.54) is 0 Å². The Kier molecular flexibility index (Phi) is 8.42. The van der Waals surface area contributed by atoms with Crippen molar-refractivity contribution in [2.75, 3.05) is 13.2 Å². The lowest BCUT2D eigenvalue weighted by Crippen LogP contribution is -2.56. The first kappa shape index (κ1) is 22.6. The summed E-state index contributed by atoms with van der Waals surface area (Å²) in [7, 11) is 0. The van der Waals surface area contributed by atoms with Crippen LogP contribution in [0.1, 0.15) is 16.7 Å². The third kappa shape index (κ3) is 6.48. The molecule has 1 aliphatic heterocycles. The van der Waals surface area contributed by atoms with Gasteiger partial charge in [0.15, 0.2) is 0 Å². The summed E-state index contributed by atoms with van der Waals surface area (Å²) >= 11 is 0. The molecule has 1 N–H and O–H groups in total. The molecule has 3 aromatic rings. The van der Waals surface area contributed by atoms with Crippen molar-refractivity contribution in [2.45, 2.75) is 44.2 Å². The second-order valence-corrected chi connectivity index (χ2v) is 7.96. The minimum absolute atomic E-state index is 0.284. The second-order valence-electron chi connectivity index (χ2n) is 7.96. The highest BCUT2D eigenvalue weighted by Gasteiger charge is 2.41. The first-order chi connectivity index (χ1) is 15.8. The molecule has 0 amide bonds. The van der Waals surface area contributed by atoms with Gasteiger partial charge in [-0.1, -0.05) is 91.0 Å². The van der Waals surface area contributed by atoms with Crippen molar-refractivity contribution < 1.29 is 24.1 Å². The minimum Gasteiger partial charge on any atom is -0.387 e. The van der Waals surface area contributed by atoms with Gasteiger partial charge in [-0.05, 0) is 16.7 Å². The number of aliphatic hydroxyl groups is 1. The lowest BCUT2D eigenvalue weighted by Gasteiger charge is -2.39. The monoisotopic (exact) mass is 434 g/mol. The molecule has 0 unspecified atom stereocenters. The predicted octanol–water partition coefficient (Wildman–Crippen LogP) is 4.13. The molecule has 5 heteroatoms. The Morgan fingerprint density at radius 2 is 1.19 bits per heavy atom. The molecule has 1 fully saturated rings. The molecule has 168 valence electrons. The number of hydrogen-bond donors (Lipinski definition) is 1. The highest BCUT2D eigenvalue weighted by atomic mass is 16.6. The van der Waals surface area contributed by atoms with Crippen LogP contribution in [-0.2, 0) is 38.8 Å². The Bertz CT molecular complexity index is 903. The largest absolute Gasteiger partial charge is 0.387 e. The van der Waals surface area contributed by atoms with Crippen LogP contribution in [0.5, 0.6) is 0 Å². The van der Waals surface area contributed by atoms with Crippen molar-refractivity contribution in [2.24, 2.45) is 0 Å². The van der Waals surface area contributed by atoms with Gasteiger partial charge in [-0.2, -0.15) is 0 Å². The molecule has 1 saturated heterocycles. The highest BCUT2D eigenvalue weighted by Crippen LogP contribution is 2.24. The fourth-order valence-electron chi connectivity index (χ4n) is 3.75. The summed E-state index contributed by atoms with van der Waals surface area (Å²) in [6.45, 7) is 1.92. The van der Waals surface area contributed by atoms with Crippen LogP contribution in [0.2, 0.25) is 0 Å². The fraction of sp³-hybridized carbons (Fsp3) is 0.333. The zero-order valence-electron chi connectivity index (χ0n) is 18.1. The van der Waals surface area contributed by atoms with Crippen molar-refractivity contribution in [3.63, 3.8) is 0 Å². The third-order valence-electron chi connectivity index (χ3n) is 5.54. The zero-order valence-corrected chi connectivity index (χ0v) is 18.1. The number of ether oxygens (including phenoxy) is 4. The van der Waals surface area contributed by atoms with Crippen LogP contribution in [-0.4, -0.2) is 42.7 Å². The summed E-state index contributed by atoms with van der Waals surface area (Å²) in [4.78, 5) is 0. The Morgan fingerprint density at radius 1 is 0.688 bits per heavy atom. The molecule has 0 radical (unpaired) electrons. The predicted molar refractivity (Wildman–Crippen MR) is 122 cm³/mol. The zero-order chi connectivity index (χ0) is 22.0. The van der Waals surface area contributed by atoms with Gasteiger partial charge in [0.1, 0.15) is 24.4 Å². The van der Waals surface area contributed by atoms with E-state index in [2.05, 4.69) is 0 Å². The van der Waals surface area contributed by atoms with E-state index in [1.807, 2.05) is 91.0 Å². The van der Waals surface area contributed by atoms with E-state index in [9.17, 15) is 5.11 Å². The maximum Gasteiger partial charge on any atom is 0.115 e. The molecule has 0 aromatic heterocycles. The Labute approximate surface area is 189 Å². The van der Waals surface area contributed by atoms with Crippen molar-refractivity contribution in [1.82, 2.24) is 0 Å². The third-order valence-corrected chi connectivity index (χ3v) is 5.54. The molecular weight excluding hydrogens is 404 g/mol. The normalized spacial score (nSPS) is 23.2. The van der Waals surface area contributed by atoms with E-state index >= 15 is 0 Å². The van der Waals surface area contributed by atoms with Gasteiger partial charge in [0.2, 0.25) is 0 Å². The Balaban J connectivity index is 1.36. The van der Waals surface area contributed by atoms with Gasteiger partial charge >= 0.3 is 0 Å². The van der Waals surface area contributed by atoms with Gasteiger partial charge in [0.05, 0.1) is 33.0 Å². The fourth-order valence-corrected chi connectivity index (χ4v) is 3.75. The Morgan fingerprint density at radius 3 is 1.75 bits per heavy atom.